The zero-order valence-corrected chi connectivity index (χ0v) is 28.7. The minimum Gasteiger partial charge on any atom is -0.489 e. The van der Waals surface area contributed by atoms with E-state index in [1.807, 2.05) is 34.6 Å². The minimum absolute atomic E-state index is 0.0257. The Bertz CT molecular complexity index is 1950. The maximum Gasteiger partial charge on any atom is 0.442 e. The van der Waals surface area contributed by atoms with Crippen LogP contribution in [0.2, 0.25) is 20.1 Å². The van der Waals surface area contributed by atoms with Crippen LogP contribution < -0.4 is 20.9 Å². The zero-order chi connectivity index (χ0) is 34.2. The van der Waals surface area contributed by atoms with Crippen LogP contribution in [0.3, 0.4) is 0 Å². The molecule has 0 spiro atoms. The highest BCUT2D eigenvalue weighted by Gasteiger charge is 2.25. The normalized spacial score (nSPS) is 12.0. The van der Waals surface area contributed by atoms with Crippen LogP contribution >= 0.6 is 46.4 Å². The predicted molar refractivity (Wildman–Crippen MR) is 169 cm³/mol. The number of aromatic nitrogens is 5. The predicted octanol–water partition coefficient (Wildman–Crippen LogP) is 6.63. The van der Waals surface area contributed by atoms with E-state index in [2.05, 4.69) is 14.9 Å². The topological polar surface area (TPSA) is 143 Å². The molecule has 0 bridgehead atoms. The van der Waals surface area contributed by atoms with Crippen LogP contribution in [0.5, 0.6) is 5.75 Å². The van der Waals surface area contributed by atoms with Gasteiger partial charge in [0, 0.05) is 11.5 Å². The van der Waals surface area contributed by atoms with Crippen molar-refractivity contribution >= 4 is 62.1 Å². The number of nitrogens with zero attached hydrogens (tertiary/aromatic N) is 5. The molecular weight excluding hydrogens is 704 g/mol. The molecule has 0 aliphatic heterocycles. The molecule has 0 radical (unpaired) electrons. The van der Waals surface area contributed by atoms with Crippen molar-refractivity contribution in [2.45, 2.75) is 59.6 Å². The quantitative estimate of drug-likeness (QED) is 0.223. The SMILES string of the molecule is CC(C)Oc1cc(-n2nc(C(C)(C)C)oc2=O)c(Cl)cc1Cl.Cc1nn(-c2cc(NS(C)(=O)=O)c(Cl)cc2Cl)c(=O)n1C(F)F. The first-order valence-corrected chi connectivity index (χ1v) is 16.2. The van der Waals surface area contributed by atoms with E-state index in [0.717, 1.165) is 17.0 Å². The van der Waals surface area contributed by atoms with Crippen LogP contribution in [0.4, 0.5) is 14.5 Å². The summed E-state index contributed by atoms with van der Waals surface area (Å²) in [6, 6.07) is 5.42. The fraction of sp³-hybridized carbons (Fsp3) is 0.385. The number of rotatable bonds is 7. The molecule has 45 heavy (non-hydrogen) atoms. The molecule has 2 aromatic heterocycles. The van der Waals surface area contributed by atoms with E-state index in [0.29, 0.717) is 27.0 Å². The molecule has 1 N–H and O–H groups in total. The fourth-order valence-electron chi connectivity index (χ4n) is 3.59. The Hall–Kier alpha value is -3.11. The number of sulfonamides is 1. The molecule has 0 saturated carbocycles. The van der Waals surface area contributed by atoms with Gasteiger partial charge < -0.3 is 9.15 Å². The highest BCUT2D eigenvalue weighted by atomic mass is 35.5. The van der Waals surface area contributed by atoms with Crippen molar-refractivity contribution in [2.75, 3.05) is 11.0 Å². The third kappa shape index (κ3) is 8.79. The summed E-state index contributed by atoms with van der Waals surface area (Å²) in [4.78, 5) is 24.1. The number of nitrogens with one attached hydrogen (secondary N) is 1. The van der Waals surface area contributed by atoms with Gasteiger partial charge in [0.25, 0.3) is 0 Å². The van der Waals surface area contributed by atoms with E-state index in [4.69, 9.17) is 55.6 Å². The first kappa shape index (κ1) is 36.4. The second-order valence-corrected chi connectivity index (χ2v) is 14.2. The number of hydrogen-bond acceptors (Lipinski definition) is 8. The Balaban J connectivity index is 0.000000246. The van der Waals surface area contributed by atoms with Crippen molar-refractivity contribution in [3.8, 4) is 17.1 Å². The van der Waals surface area contributed by atoms with E-state index in [1.54, 1.807) is 6.07 Å². The van der Waals surface area contributed by atoms with Crippen LogP contribution in [-0.4, -0.2) is 44.9 Å². The first-order valence-electron chi connectivity index (χ1n) is 12.8. The van der Waals surface area contributed by atoms with E-state index < -0.39 is 28.0 Å². The molecular formula is C26H28Cl4F2N6O6S. The lowest BCUT2D eigenvalue weighted by atomic mass is 9.97. The average molecular weight is 732 g/mol. The molecule has 0 unspecified atom stereocenters. The van der Waals surface area contributed by atoms with Gasteiger partial charge >= 0.3 is 18.0 Å². The van der Waals surface area contributed by atoms with Gasteiger partial charge in [0.2, 0.25) is 15.9 Å². The highest BCUT2D eigenvalue weighted by molar-refractivity contribution is 7.92. The summed E-state index contributed by atoms with van der Waals surface area (Å²) in [6.07, 6.45) is 0.838. The van der Waals surface area contributed by atoms with Gasteiger partial charge in [-0.15, -0.1) is 10.2 Å². The highest BCUT2D eigenvalue weighted by Crippen LogP contribution is 2.34. The van der Waals surface area contributed by atoms with Crippen LogP contribution in [-0.2, 0) is 15.4 Å². The second-order valence-electron chi connectivity index (χ2n) is 10.8. The summed E-state index contributed by atoms with van der Waals surface area (Å²) in [7, 11) is -3.65. The standard InChI is InChI=1S/C15H18Cl2N2O3.C11H10Cl2F2N4O3S/c1-8(2)21-12-7-11(9(16)6-10(12)17)19-14(20)22-13(18-19)15(3,4)5;1-5-16-19(11(20)18(5)10(14)15)9-4-8(17-23(2,21)22)6(12)3-7(9)13/h6-8H,1-5H3;3-4,10,17H,1-2H3. The number of ether oxygens (including phenoxy) is 1. The molecule has 0 aliphatic rings. The molecule has 246 valence electrons. The lowest BCUT2D eigenvalue weighted by Gasteiger charge is -2.13. The van der Waals surface area contributed by atoms with Gasteiger partial charge in [0.15, 0.2) is 0 Å². The number of halogens is 6. The fourth-order valence-corrected chi connectivity index (χ4v) is 5.24. The molecule has 2 heterocycles. The van der Waals surface area contributed by atoms with Crippen LogP contribution in [0.15, 0.2) is 38.3 Å². The van der Waals surface area contributed by atoms with E-state index >= 15 is 0 Å². The van der Waals surface area contributed by atoms with Crippen molar-refractivity contribution in [1.29, 1.82) is 0 Å². The molecule has 0 saturated heterocycles. The largest absolute Gasteiger partial charge is 0.489 e. The number of benzene rings is 2. The maximum absolute atomic E-state index is 12.8. The molecule has 0 atom stereocenters. The van der Waals surface area contributed by atoms with Crippen LogP contribution in [0.1, 0.15) is 52.9 Å². The van der Waals surface area contributed by atoms with Gasteiger partial charge in [-0.3, -0.25) is 4.72 Å². The summed E-state index contributed by atoms with van der Waals surface area (Å²) < 4.78 is 63.2. The summed E-state index contributed by atoms with van der Waals surface area (Å²) >= 11 is 24.1. The first-order chi connectivity index (χ1) is 20.6. The van der Waals surface area contributed by atoms with E-state index in [-0.39, 0.29) is 48.4 Å². The van der Waals surface area contributed by atoms with Crippen molar-refractivity contribution in [3.63, 3.8) is 0 Å². The summed E-state index contributed by atoms with van der Waals surface area (Å²) in [6.45, 7) is 7.62. The molecule has 0 amide bonds. The average Bonchev–Trinajstić information content (AvgIpc) is 3.41. The Morgan fingerprint density at radius 1 is 0.911 bits per heavy atom. The summed E-state index contributed by atoms with van der Waals surface area (Å²) in [5.41, 5.74) is -1.29. The lowest BCUT2D eigenvalue weighted by Crippen LogP contribution is -2.25. The minimum atomic E-state index is -3.65. The van der Waals surface area contributed by atoms with Gasteiger partial charge in [0.05, 0.1) is 49.5 Å². The van der Waals surface area contributed by atoms with Crippen molar-refractivity contribution in [2.24, 2.45) is 0 Å². The third-order valence-corrected chi connectivity index (χ3v) is 7.32. The van der Waals surface area contributed by atoms with Gasteiger partial charge in [-0.1, -0.05) is 67.2 Å². The van der Waals surface area contributed by atoms with E-state index in [9.17, 15) is 26.8 Å². The van der Waals surface area contributed by atoms with Crippen molar-refractivity contribution in [1.82, 2.24) is 24.1 Å². The Labute approximate surface area is 276 Å². The number of hydrogen-bond donors (Lipinski definition) is 1. The molecule has 4 aromatic rings. The number of anilines is 1. The van der Waals surface area contributed by atoms with Crippen molar-refractivity contribution < 1.29 is 26.4 Å². The van der Waals surface area contributed by atoms with Gasteiger partial charge in [-0.25, -0.2) is 22.6 Å². The zero-order valence-electron chi connectivity index (χ0n) is 24.8. The Morgan fingerprint density at radius 2 is 1.47 bits per heavy atom. The number of alkyl halides is 2. The molecule has 19 heteroatoms. The van der Waals surface area contributed by atoms with E-state index in [1.165, 1.54) is 19.1 Å². The van der Waals surface area contributed by atoms with Gasteiger partial charge in [0.1, 0.15) is 11.6 Å². The maximum atomic E-state index is 12.8. The van der Waals surface area contributed by atoms with Crippen molar-refractivity contribution in [3.05, 3.63) is 77.1 Å². The number of aryl methyl sites for hydroxylation is 1. The molecule has 0 aliphatic carbocycles. The Kier molecular flexibility index (Phi) is 11.1. The molecule has 2 aromatic carbocycles. The third-order valence-electron chi connectivity index (χ3n) is 5.52. The van der Waals surface area contributed by atoms with Gasteiger partial charge in [-0.2, -0.15) is 18.1 Å². The molecule has 12 nitrogen and oxygen atoms in total. The summed E-state index contributed by atoms with van der Waals surface area (Å²) in [5, 5.41) is 8.50. The summed E-state index contributed by atoms with van der Waals surface area (Å²) in [5.74, 6) is -0.0728. The smallest absolute Gasteiger partial charge is 0.442 e. The lowest BCUT2D eigenvalue weighted by molar-refractivity contribution is 0.0640. The second kappa shape index (κ2) is 13.7. The molecule has 0 fully saturated rings. The van der Waals surface area contributed by atoms with Gasteiger partial charge in [-0.05, 0) is 39.0 Å². The Morgan fingerprint density at radius 3 is 1.93 bits per heavy atom. The van der Waals surface area contributed by atoms with Crippen LogP contribution in [0.25, 0.3) is 11.4 Å². The molecule has 4 rings (SSSR count). The monoisotopic (exact) mass is 730 g/mol. The van der Waals surface area contributed by atoms with Crippen LogP contribution in [0, 0.1) is 6.92 Å².